The van der Waals surface area contributed by atoms with Crippen molar-refractivity contribution in [3.63, 3.8) is 0 Å². The lowest BCUT2D eigenvalue weighted by atomic mass is 10.1. The Kier molecular flexibility index (Phi) is 5.83. The first-order chi connectivity index (χ1) is 6.78. The van der Waals surface area contributed by atoms with E-state index in [0.29, 0.717) is 6.61 Å². The Bertz CT molecular complexity index is 203. The van der Waals surface area contributed by atoms with Gasteiger partial charge in [-0.2, -0.15) is 0 Å². The zero-order chi connectivity index (χ0) is 12.1. The van der Waals surface area contributed by atoms with Gasteiger partial charge in [0, 0.05) is 18.7 Å². The third-order valence-electron chi connectivity index (χ3n) is 1.94. The van der Waals surface area contributed by atoms with Crippen molar-refractivity contribution in [2.45, 2.75) is 52.2 Å². The van der Waals surface area contributed by atoms with E-state index in [4.69, 9.17) is 4.74 Å². The Morgan fingerprint density at radius 2 is 1.87 bits per heavy atom. The highest BCUT2D eigenvalue weighted by Gasteiger charge is 2.23. The van der Waals surface area contributed by atoms with E-state index in [9.17, 15) is 4.79 Å². The van der Waals surface area contributed by atoms with Crippen molar-refractivity contribution < 1.29 is 9.53 Å². The molecule has 0 aromatic carbocycles. The van der Waals surface area contributed by atoms with E-state index in [2.05, 4.69) is 10.6 Å². The van der Waals surface area contributed by atoms with E-state index in [1.54, 1.807) is 7.11 Å². The normalized spacial score (nSPS) is 14.1. The van der Waals surface area contributed by atoms with Crippen LogP contribution in [0.25, 0.3) is 0 Å². The van der Waals surface area contributed by atoms with Crippen LogP contribution in [0.1, 0.15) is 34.6 Å². The van der Waals surface area contributed by atoms with Crippen molar-refractivity contribution in [3.05, 3.63) is 0 Å². The second-order valence-corrected chi connectivity index (χ2v) is 4.85. The van der Waals surface area contributed by atoms with Gasteiger partial charge in [0.25, 0.3) is 0 Å². The van der Waals surface area contributed by atoms with Crippen LogP contribution in [0.15, 0.2) is 0 Å². The third-order valence-corrected chi connectivity index (χ3v) is 1.94. The highest BCUT2D eigenvalue weighted by atomic mass is 16.5. The van der Waals surface area contributed by atoms with Gasteiger partial charge in [-0.1, -0.05) is 0 Å². The number of methoxy groups -OCH3 is 1. The number of nitrogens with one attached hydrogen (secondary N) is 2. The number of carbonyl (C=O) groups is 1. The van der Waals surface area contributed by atoms with Crippen LogP contribution in [0.5, 0.6) is 0 Å². The number of hydrogen-bond donors (Lipinski definition) is 2. The van der Waals surface area contributed by atoms with Crippen molar-refractivity contribution in [3.8, 4) is 0 Å². The molecule has 0 spiro atoms. The third kappa shape index (κ3) is 6.47. The van der Waals surface area contributed by atoms with Gasteiger partial charge in [0.15, 0.2) is 0 Å². The molecule has 0 aliphatic heterocycles. The summed E-state index contributed by atoms with van der Waals surface area (Å²) in [5.74, 6) is 0.0224. The molecule has 4 heteroatoms. The van der Waals surface area contributed by atoms with E-state index in [-0.39, 0.29) is 23.5 Å². The van der Waals surface area contributed by atoms with Gasteiger partial charge in [-0.25, -0.2) is 0 Å². The van der Waals surface area contributed by atoms with Crippen molar-refractivity contribution in [1.82, 2.24) is 10.6 Å². The van der Waals surface area contributed by atoms with Gasteiger partial charge in [-0.3, -0.25) is 10.1 Å². The average Bonchev–Trinajstić information content (AvgIpc) is 2.01. The summed E-state index contributed by atoms with van der Waals surface area (Å²) >= 11 is 0. The summed E-state index contributed by atoms with van der Waals surface area (Å²) in [6, 6.07) is -0.0372. The smallest absolute Gasteiger partial charge is 0.237 e. The molecule has 2 N–H and O–H groups in total. The molecule has 0 aromatic heterocycles. The van der Waals surface area contributed by atoms with Crippen LogP contribution in [0.3, 0.4) is 0 Å². The van der Waals surface area contributed by atoms with Crippen LogP contribution in [0, 0.1) is 0 Å². The van der Waals surface area contributed by atoms with E-state index in [0.717, 1.165) is 0 Å². The van der Waals surface area contributed by atoms with Gasteiger partial charge in [-0.05, 0) is 34.6 Å². The molecule has 15 heavy (non-hydrogen) atoms. The summed E-state index contributed by atoms with van der Waals surface area (Å²) in [5.41, 5.74) is -0.192. The quantitative estimate of drug-likeness (QED) is 0.694. The average molecular weight is 216 g/mol. The van der Waals surface area contributed by atoms with E-state index in [1.807, 2.05) is 34.6 Å². The molecule has 0 fully saturated rings. The number of rotatable bonds is 6. The van der Waals surface area contributed by atoms with Crippen molar-refractivity contribution in [2.24, 2.45) is 0 Å². The SMILES string of the molecule is COCC(C)(C)NC(C)C(=O)NC(C)C. The van der Waals surface area contributed by atoms with Gasteiger partial charge in [0.2, 0.25) is 5.91 Å². The van der Waals surface area contributed by atoms with Crippen LogP contribution >= 0.6 is 0 Å². The molecule has 1 unspecified atom stereocenters. The molecule has 1 amide bonds. The lowest BCUT2D eigenvalue weighted by Gasteiger charge is -2.29. The second-order valence-electron chi connectivity index (χ2n) is 4.85. The van der Waals surface area contributed by atoms with E-state index in [1.165, 1.54) is 0 Å². The Morgan fingerprint density at radius 3 is 2.27 bits per heavy atom. The molecule has 0 aliphatic rings. The predicted octanol–water partition coefficient (Wildman–Crippen LogP) is 0.914. The highest BCUT2D eigenvalue weighted by Crippen LogP contribution is 2.04. The molecule has 0 aliphatic carbocycles. The maximum atomic E-state index is 11.6. The maximum Gasteiger partial charge on any atom is 0.237 e. The Labute approximate surface area is 92.8 Å². The van der Waals surface area contributed by atoms with Gasteiger partial charge in [0.1, 0.15) is 0 Å². The molecule has 0 radical (unpaired) electrons. The lowest BCUT2D eigenvalue weighted by molar-refractivity contribution is -0.123. The largest absolute Gasteiger partial charge is 0.383 e. The molecule has 1 atom stereocenters. The minimum absolute atomic E-state index is 0.0224. The number of ether oxygens (including phenoxy) is 1. The Morgan fingerprint density at radius 1 is 1.33 bits per heavy atom. The topological polar surface area (TPSA) is 50.4 Å². The van der Waals surface area contributed by atoms with Gasteiger partial charge >= 0.3 is 0 Å². The summed E-state index contributed by atoms with van der Waals surface area (Å²) in [4.78, 5) is 11.6. The first-order valence-corrected chi connectivity index (χ1v) is 5.35. The summed E-state index contributed by atoms with van der Waals surface area (Å²) in [6.07, 6.45) is 0. The van der Waals surface area contributed by atoms with Crippen LogP contribution in [-0.4, -0.2) is 37.2 Å². The molecular weight excluding hydrogens is 192 g/mol. The fraction of sp³-hybridized carbons (Fsp3) is 0.909. The van der Waals surface area contributed by atoms with Crippen LogP contribution in [-0.2, 0) is 9.53 Å². The molecular formula is C11H24N2O2. The van der Waals surface area contributed by atoms with Crippen LogP contribution in [0.4, 0.5) is 0 Å². The number of carbonyl (C=O) groups excluding carboxylic acids is 1. The first kappa shape index (κ1) is 14.4. The number of hydrogen-bond acceptors (Lipinski definition) is 3. The monoisotopic (exact) mass is 216 g/mol. The molecule has 0 saturated carbocycles. The molecule has 0 saturated heterocycles. The number of amides is 1. The molecule has 0 aromatic rings. The molecule has 90 valence electrons. The highest BCUT2D eigenvalue weighted by molar-refractivity contribution is 5.81. The van der Waals surface area contributed by atoms with Crippen LogP contribution in [0.2, 0.25) is 0 Å². The predicted molar refractivity (Wildman–Crippen MR) is 61.8 cm³/mol. The van der Waals surface area contributed by atoms with Crippen LogP contribution < -0.4 is 10.6 Å². The lowest BCUT2D eigenvalue weighted by Crippen LogP contribution is -2.54. The molecule has 0 heterocycles. The second kappa shape index (κ2) is 6.08. The van der Waals surface area contributed by atoms with Crippen molar-refractivity contribution in [1.29, 1.82) is 0 Å². The Hall–Kier alpha value is -0.610. The maximum absolute atomic E-state index is 11.6. The molecule has 0 bridgehead atoms. The van der Waals surface area contributed by atoms with Gasteiger partial charge < -0.3 is 10.1 Å². The summed E-state index contributed by atoms with van der Waals surface area (Å²) < 4.78 is 5.07. The fourth-order valence-corrected chi connectivity index (χ4v) is 1.46. The fourth-order valence-electron chi connectivity index (χ4n) is 1.46. The van der Waals surface area contributed by atoms with Crippen molar-refractivity contribution >= 4 is 5.91 Å². The molecule has 0 rings (SSSR count). The summed E-state index contributed by atoms with van der Waals surface area (Å²) in [5, 5.41) is 6.09. The Balaban J connectivity index is 4.11. The minimum atomic E-state index is -0.211. The zero-order valence-corrected chi connectivity index (χ0v) is 10.7. The standard InChI is InChI=1S/C11H24N2O2/c1-8(2)12-10(14)9(3)13-11(4,5)7-15-6/h8-9,13H,7H2,1-6H3,(H,12,14). The first-order valence-electron chi connectivity index (χ1n) is 5.35. The summed E-state index contributed by atoms with van der Waals surface area (Å²) in [6.45, 7) is 10.3. The van der Waals surface area contributed by atoms with Gasteiger partial charge in [-0.15, -0.1) is 0 Å². The summed E-state index contributed by atoms with van der Waals surface area (Å²) in [7, 11) is 1.66. The van der Waals surface area contributed by atoms with Gasteiger partial charge in [0.05, 0.1) is 12.6 Å². The minimum Gasteiger partial charge on any atom is -0.383 e. The zero-order valence-electron chi connectivity index (χ0n) is 10.7. The van der Waals surface area contributed by atoms with Crippen molar-refractivity contribution in [2.75, 3.05) is 13.7 Å². The van der Waals surface area contributed by atoms with E-state index < -0.39 is 0 Å². The molecule has 4 nitrogen and oxygen atoms in total. The van der Waals surface area contributed by atoms with E-state index >= 15 is 0 Å².